The average molecular weight is 1030 g/mol. The number of hydrogen-bond donors (Lipinski definition) is 0. The van der Waals surface area contributed by atoms with Crippen molar-refractivity contribution >= 4 is 17.9 Å². The van der Waals surface area contributed by atoms with Gasteiger partial charge in [-0.1, -0.05) is 217 Å². The summed E-state index contributed by atoms with van der Waals surface area (Å²) < 4.78 is 22.5. The highest BCUT2D eigenvalue weighted by Gasteiger charge is 2.22. The molecule has 2 atom stereocenters. The van der Waals surface area contributed by atoms with Crippen LogP contribution in [0.5, 0.6) is 0 Å². The second-order valence-corrected chi connectivity index (χ2v) is 19.5. The van der Waals surface area contributed by atoms with E-state index >= 15 is 0 Å². The average Bonchev–Trinajstić information content (AvgIpc) is 3.37. The van der Waals surface area contributed by atoms with Crippen LogP contribution < -0.4 is 5.11 Å². The van der Waals surface area contributed by atoms with E-state index in [1.54, 1.807) is 0 Å². The van der Waals surface area contributed by atoms with Gasteiger partial charge in [-0.25, -0.2) is 0 Å². The molecule has 2 unspecified atom stereocenters. The van der Waals surface area contributed by atoms with Crippen molar-refractivity contribution < 1.29 is 42.9 Å². The summed E-state index contributed by atoms with van der Waals surface area (Å²) in [5.74, 6) is -2.34. The minimum Gasteiger partial charge on any atom is -0.545 e. The zero-order valence-corrected chi connectivity index (χ0v) is 47.1. The minimum atomic E-state index is -1.63. The van der Waals surface area contributed by atoms with Gasteiger partial charge in [0.25, 0.3) is 0 Å². The third-order valence-electron chi connectivity index (χ3n) is 11.4. The standard InChI is InChI=1S/C65H103NO8/c1-6-8-10-12-14-16-17-18-19-20-21-22-23-24-25-26-27-28-29-30-31-32-33-34-35-36-37-38-39-40-41-42-43-44-45-46-47-48-50-52-54-56-63(68)74-61(60-73-65(64(69)70)71-58-57-66(3,4)5)59-72-62(67)55-53-51-49-15-13-11-9-7-2/h8,10,14,16,18-19,21-22,24-25,27-28,30-31,33-34,36-37,39-40,42-43,45-46,61,65H,6-7,9,11-13,15,17,20,23,26,29,32,35,38,41,44,47-60H2,1-5H3/b10-8-,16-14-,19-18-,22-21-,25-24-,28-27-,31-30-,34-33-,37-36-,40-39-,43-42-,46-45-. The maximum absolute atomic E-state index is 12.8. The number of unbranched alkanes of at least 4 members (excludes halogenated alkanes) is 11. The lowest BCUT2D eigenvalue weighted by Gasteiger charge is -2.26. The normalized spacial score (nSPS) is 13.9. The number of carboxylic acids is 1. The largest absolute Gasteiger partial charge is 0.545 e. The molecule has 0 spiro atoms. The lowest BCUT2D eigenvalue weighted by molar-refractivity contribution is -0.870. The van der Waals surface area contributed by atoms with Crippen molar-refractivity contribution in [1.29, 1.82) is 0 Å². The Morgan fingerprint density at radius 2 is 0.770 bits per heavy atom. The number of carbonyl (C=O) groups is 3. The lowest BCUT2D eigenvalue weighted by atomic mass is 10.1. The number of carboxylic acid groups (broad SMARTS) is 1. The lowest BCUT2D eigenvalue weighted by Crippen LogP contribution is -2.44. The summed E-state index contributed by atoms with van der Waals surface area (Å²) in [6.45, 7) is 4.53. The first kappa shape index (κ1) is 69.2. The van der Waals surface area contributed by atoms with Crippen molar-refractivity contribution in [3.05, 3.63) is 146 Å². The number of ether oxygens (including phenoxy) is 4. The van der Waals surface area contributed by atoms with Crippen LogP contribution in [0.25, 0.3) is 0 Å². The topological polar surface area (TPSA) is 111 Å². The fourth-order valence-electron chi connectivity index (χ4n) is 6.99. The molecule has 0 bridgehead atoms. The monoisotopic (exact) mass is 1030 g/mol. The molecule has 0 aliphatic carbocycles. The van der Waals surface area contributed by atoms with E-state index in [1.807, 2.05) is 21.1 Å². The molecule has 9 heteroatoms. The quantitative estimate of drug-likeness (QED) is 0.0195. The second kappa shape index (κ2) is 54.4. The van der Waals surface area contributed by atoms with E-state index in [-0.39, 0.29) is 38.6 Å². The van der Waals surface area contributed by atoms with Crippen LogP contribution in [0.1, 0.15) is 187 Å². The molecule has 0 aliphatic rings. The smallest absolute Gasteiger partial charge is 0.306 e. The van der Waals surface area contributed by atoms with Crippen molar-refractivity contribution in [2.24, 2.45) is 0 Å². The molecule has 0 aromatic carbocycles. The molecule has 0 aromatic rings. The number of esters is 2. The molecule has 0 amide bonds. The predicted molar refractivity (Wildman–Crippen MR) is 310 cm³/mol. The van der Waals surface area contributed by atoms with Crippen molar-refractivity contribution in [2.45, 2.75) is 200 Å². The van der Waals surface area contributed by atoms with Crippen LogP contribution in [0, 0.1) is 0 Å². The van der Waals surface area contributed by atoms with Crippen LogP contribution in [0.3, 0.4) is 0 Å². The number of carbonyl (C=O) groups excluding carboxylic acids is 3. The molecule has 74 heavy (non-hydrogen) atoms. The van der Waals surface area contributed by atoms with Gasteiger partial charge in [0.05, 0.1) is 40.3 Å². The maximum atomic E-state index is 12.8. The molecule has 0 aromatic heterocycles. The minimum absolute atomic E-state index is 0.136. The Bertz CT molecular complexity index is 1720. The van der Waals surface area contributed by atoms with E-state index in [0.29, 0.717) is 17.4 Å². The molecular weight excluding hydrogens is 923 g/mol. The number of allylic oxidation sites excluding steroid dienone is 24. The van der Waals surface area contributed by atoms with Gasteiger partial charge in [0.1, 0.15) is 13.2 Å². The molecule has 0 radical (unpaired) electrons. The molecular formula is C65H103NO8. The van der Waals surface area contributed by atoms with Gasteiger partial charge in [-0.3, -0.25) is 9.59 Å². The summed E-state index contributed by atoms with van der Waals surface area (Å²) in [6.07, 6.45) is 76.4. The molecule has 0 rings (SSSR count). The third-order valence-corrected chi connectivity index (χ3v) is 11.4. The molecule has 0 fully saturated rings. The van der Waals surface area contributed by atoms with Crippen LogP contribution in [0.2, 0.25) is 0 Å². The van der Waals surface area contributed by atoms with Gasteiger partial charge >= 0.3 is 11.9 Å². The Kier molecular flexibility index (Phi) is 50.9. The summed E-state index contributed by atoms with van der Waals surface area (Å²) in [5.41, 5.74) is 0. The third kappa shape index (κ3) is 54.9. The van der Waals surface area contributed by atoms with E-state index in [1.165, 1.54) is 32.1 Å². The Hall–Kier alpha value is -4.83. The van der Waals surface area contributed by atoms with Crippen molar-refractivity contribution in [1.82, 2.24) is 0 Å². The van der Waals surface area contributed by atoms with Crippen LogP contribution >= 0.6 is 0 Å². The SMILES string of the molecule is CC/C=C\C/C=C\C/C=C\C/C=C\C/C=C\C/C=C\C/C=C\C/C=C\C/C=C\C/C=C\C/C=C\C/C=C\CCCCCCC(=O)OC(COC(=O)CCCCCCCCCC)COC(OCC[N+](C)(C)C)C(=O)[O-]. The number of quaternary nitrogens is 1. The molecule has 0 saturated carbocycles. The Balaban J connectivity index is 4.17. The highest BCUT2D eigenvalue weighted by molar-refractivity contribution is 5.70. The summed E-state index contributed by atoms with van der Waals surface area (Å²) in [7, 11) is 5.89. The Morgan fingerprint density at radius 1 is 0.419 bits per heavy atom. The van der Waals surface area contributed by atoms with Gasteiger partial charge < -0.3 is 33.3 Å². The van der Waals surface area contributed by atoms with Crippen LogP contribution in [-0.2, 0) is 33.3 Å². The van der Waals surface area contributed by atoms with Gasteiger partial charge in [0, 0.05) is 12.8 Å². The fourth-order valence-corrected chi connectivity index (χ4v) is 6.99. The highest BCUT2D eigenvalue weighted by Crippen LogP contribution is 2.12. The van der Waals surface area contributed by atoms with E-state index in [4.69, 9.17) is 18.9 Å². The Morgan fingerprint density at radius 3 is 1.15 bits per heavy atom. The van der Waals surface area contributed by atoms with Gasteiger partial charge in [-0.2, -0.15) is 0 Å². The first-order valence-corrected chi connectivity index (χ1v) is 28.5. The molecule has 9 nitrogen and oxygen atoms in total. The number of aliphatic carboxylic acids is 1. The van der Waals surface area contributed by atoms with Crippen LogP contribution in [0.4, 0.5) is 0 Å². The summed E-state index contributed by atoms with van der Waals surface area (Å²) in [4.78, 5) is 37.0. The zero-order valence-electron chi connectivity index (χ0n) is 47.1. The number of likely N-dealkylation sites (N-methyl/N-ethyl adjacent to an activating group) is 1. The van der Waals surface area contributed by atoms with Crippen LogP contribution in [-0.4, -0.2) is 82.3 Å². The van der Waals surface area contributed by atoms with E-state index in [0.717, 1.165) is 122 Å². The molecule has 416 valence electrons. The predicted octanol–water partition coefficient (Wildman–Crippen LogP) is 15.5. The summed E-state index contributed by atoms with van der Waals surface area (Å²) >= 11 is 0. The number of hydrogen-bond acceptors (Lipinski definition) is 8. The van der Waals surface area contributed by atoms with Crippen LogP contribution in [0.15, 0.2) is 146 Å². The molecule has 0 heterocycles. The fraction of sp³-hybridized carbons (Fsp3) is 0.585. The van der Waals surface area contributed by atoms with Crippen molar-refractivity contribution in [3.63, 3.8) is 0 Å². The summed E-state index contributed by atoms with van der Waals surface area (Å²) in [6, 6.07) is 0. The van der Waals surface area contributed by atoms with Gasteiger partial charge in [-0.15, -0.1) is 0 Å². The van der Waals surface area contributed by atoms with E-state index in [9.17, 15) is 19.5 Å². The van der Waals surface area contributed by atoms with Gasteiger partial charge in [-0.05, 0) is 103 Å². The number of rotatable bonds is 50. The number of nitrogens with zero attached hydrogens (tertiary/aromatic N) is 1. The molecule has 0 saturated heterocycles. The van der Waals surface area contributed by atoms with E-state index < -0.39 is 24.3 Å². The molecule has 0 N–H and O–H groups in total. The highest BCUT2D eigenvalue weighted by atomic mass is 16.7. The van der Waals surface area contributed by atoms with Crippen molar-refractivity contribution in [2.75, 3.05) is 47.5 Å². The first-order valence-electron chi connectivity index (χ1n) is 28.5. The summed E-state index contributed by atoms with van der Waals surface area (Å²) in [5, 5.41) is 11.7. The Labute approximate surface area is 452 Å². The zero-order chi connectivity index (χ0) is 54.1. The van der Waals surface area contributed by atoms with Gasteiger partial charge in [0.2, 0.25) is 0 Å². The van der Waals surface area contributed by atoms with E-state index in [2.05, 4.69) is 160 Å². The molecule has 0 aliphatic heterocycles. The first-order chi connectivity index (χ1) is 36.1. The second-order valence-electron chi connectivity index (χ2n) is 19.5. The van der Waals surface area contributed by atoms with Gasteiger partial charge in [0.15, 0.2) is 12.4 Å². The van der Waals surface area contributed by atoms with Crippen molar-refractivity contribution in [3.8, 4) is 0 Å². The maximum Gasteiger partial charge on any atom is 0.306 e.